The van der Waals surface area contributed by atoms with Gasteiger partial charge in [-0.1, -0.05) is 32.9 Å². The molecule has 1 heterocycles. The van der Waals surface area contributed by atoms with Gasteiger partial charge in [-0.05, 0) is 39.5 Å². The quantitative estimate of drug-likeness (QED) is 0.343. The first-order valence-electron chi connectivity index (χ1n) is 8.96. The van der Waals surface area contributed by atoms with Gasteiger partial charge in [0, 0.05) is 11.6 Å². The average Bonchev–Trinajstić information content (AvgIpc) is 2.65. The van der Waals surface area contributed by atoms with Crippen LogP contribution in [0, 0.1) is 15.5 Å². The number of nitrogens with zero attached hydrogens (tertiary/aromatic N) is 3. The fourth-order valence-corrected chi connectivity index (χ4v) is 3.21. The number of hydrogen-bond acceptors (Lipinski definition) is 6. The van der Waals surface area contributed by atoms with E-state index in [9.17, 15) is 19.7 Å². The molecule has 0 amide bonds. The summed E-state index contributed by atoms with van der Waals surface area (Å²) in [6, 6.07) is 9.39. The van der Waals surface area contributed by atoms with Crippen LogP contribution in [0.25, 0.3) is 10.9 Å². The van der Waals surface area contributed by atoms with Crippen LogP contribution in [0.5, 0.6) is 5.75 Å². The van der Waals surface area contributed by atoms with Crippen molar-refractivity contribution in [3.05, 3.63) is 77.4 Å². The molecule has 0 aliphatic carbocycles. The number of rotatable bonds is 5. The van der Waals surface area contributed by atoms with Crippen LogP contribution in [0.3, 0.4) is 0 Å². The molecule has 0 saturated carbocycles. The molecule has 30 heavy (non-hydrogen) atoms. The van der Waals surface area contributed by atoms with Gasteiger partial charge in [-0.2, -0.15) is 5.10 Å². The van der Waals surface area contributed by atoms with Crippen molar-refractivity contribution in [3.63, 3.8) is 0 Å². The standard InChI is InChI=1S/C20H19BrN4O5/c1-20(2,3)11-30-17-14(21)8-12(9-16(17)25(28)29)10-22-24-18(26)13-6-4-5-7-15(13)23-19(24)27/h4-10H,11H2,1-3H3,(H,23,27). The fourth-order valence-electron chi connectivity index (χ4n) is 2.62. The molecule has 1 N–H and O–H groups in total. The lowest BCUT2D eigenvalue weighted by molar-refractivity contribution is -0.386. The van der Waals surface area contributed by atoms with Crippen molar-refractivity contribution in [1.29, 1.82) is 0 Å². The highest BCUT2D eigenvalue weighted by Crippen LogP contribution is 2.37. The molecular weight excluding hydrogens is 456 g/mol. The predicted octanol–water partition coefficient (Wildman–Crippen LogP) is 3.67. The zero-order chi connectivity index (χ0) is 22.1. The molecule has 2 aromatic carbocycles. The molecule has 0 aliphatic heterocycles. The molecule has 0 unspecified atom stereocenters. The SMILES string of the molecule is CC(C)(C)COc1c(Br)cc(C=Nn2c(=O)[nH]c3ccccc3c2=O)cc1[N+](=O)[O-]. The Morgan fingerprint density at radius 3 is 2.63 bits per heavy atom. The van der Waals surface area contributed by atoms with E-state index in [1.165, 1.54) is 12.3 Å². The Bertz CT molecular complexity index is 1270. The molecular formula is C20H19BrN4O5. The van der Waals surface area contributed by atoms with Gasteiger partial charge in [-0.15, -0.1) is 4.68 Å². The molecule has 156 valence electrons. The molecule has 9 nitrogen and oxygen atoms in total. The van der Waals surface area contributed by atoms with Crippen LogP contribution >= 0.6 is 15.9 Å². The van der Waals surface area contributed by atoms with Crippen molar-refractivity contribution in [1.82, 2.24) is 9.66 Å². The highest BCUT2D eigenvalue weighted by molar-refractivity contribution is 9.10. The van der Waals surface area contributed by atoms with Crippen LogP contribution in [0.2, 0.25) is 0 Å². The third-order valence-corrected chi connectivity index (χ3v) is 4.59. The normalized spacial score (nSPS) is 11.9. The van der Waals surface area contributed by atoms with Gasteiger partial charge in [0.05, 0.1) is 33.1 Å². The van der Waals surface area contributed by atoms with E-state index in [-0.39, 0.29) is 23.5 Å². The van der Waals surface area contributed by atoms with Crippen LogP contribution in [-0.4, -0.2) is 27.4 Å². The number of nitro groups is 1. The summed E-state index contributed by atoms with van der Waals surface area (Å²) in [6.45, 7) is 6.13. The Morgan fingerprint density at radius 1 is 1.27 bits per heavy atom. The second-order valence-electron chi connectivity index (χ2n) is 7.79. The van der Waals surface area contributed by atoms with Crippen molar-refractivity contribution in [3.8, 4) is 5.75 Å². The lowest BCUT2D eigenvalue weighted by Gasteiger charge is -2.19. The zero-order valence-electron chi connectivity index (χ0n) is 16.5. The minimum Gasteiger partial charge on any atom is -0.485 e. The summed E-state index contributed by atoms with van der Waals surface area (Å²) in [5.74, 6) is 0.104. The predicted molar refractivity (Wildman–Crippen MR) is 118 cm³/mol. The number of H-pyrrole nitrogens is 1. The topological polar surface area (TPSA) is 120 Å². The average molecular weight is 475 g/mol. The van der Waals surface area contributed by atoms with Crippen LogP contribution in [0.15, 0.2) is 55.6 Å². The number of aromatic amines is 1. The maximum absolute atomic E-state index is 12.5. The number of hydrogen-bond donors (Lipinski definition) is 1. The molecule has 0 aliphatic rings. The fraction of sp³-hybridized carbons (Fsp3) is 0.250. The second-order valence-corrected chi connectivity index (χ2v) is 8.65. The summed E-state index contributed by atoms with van der Waals surface area (Å²) in [6.07, 6.45) is 1.21. The Labute approximate surface area is 179 Å². The third-order valence-electron chi connectivity index (χ3n) is 4.00. The number of nitro benzene ring substituents is 1. The van der Waals surface area contributed by atoms with E-state index in [1.54, 1.807) is 30.3 Å². The summed E-state index contributed by atoms with van der Waals surface area (Å²) >= 11 is 3.29. The van der Waals surface area contributed by atoms with Gasteiger partial charge < -0.3 is 9.72 Å². The van der Waals surface area contributed by atoms with Crippen LogP contribution in [0.4, 0.5) is 5.69 Å². The van der Waals surface area contributed by atoms with Crippen LogP contribution < -0.4 is 16.0 Å². The molecule has 0 atom stereocenters. The van der Waals surface area contributed by atoms with Crippen molar-refractivity contribution in [2.45, 2.75) is 20.8 Å². The van der Waals surface area contributed by atoms with Gasteiger partial charge in [0.25, 0.3) is 5.56 Å². The molecule has 0 radical (unpaired) electrons. The van der Waals surface area contributed by atoms with E-state index in [4.69, 9.17) is 4.74 Å². The van der Waals surface area contributed by atoms with Gasteiger partial charge in [0.2, 0.25) is 5.75 Å². The van der Waals surface area contributed by atoms with Crippen LogP contribution in [-0.2, 0) is 0 Å². The first kappa shape index (κ1) is 21.4. The van der Waals surface area contributed by atoms with Gasteiger partial charge in [0.15, 0.2) is 0 Å². The maximum Gasteiger partial charge on any atom is 0.349 e. The summed E-state index contributed by atoms with van der Waals surface area (Å²) in [4.78, 5) is 38.3. The Balaban J connectivity index is 2.02. The monoisotopic (exact) mass is 474 g/mol. The van der Waals surface area contributed by atoms with E-state index in [0.717, 1.165) is 0 Å². The van der Waals surface area contributed by atoms with Crippen LogP contribution in [0.1, 0.15) is 26.3 Å². The molecule has 10 heteroatoms. The zero-order valence-corrected chi connectivity index (χ0v) is 18.1. The van der Waals surface area contributed by atoms with E-state index in [0.29, 0.717) is 25.6 Å². The maximum atomic E-state index is 12.5. The van der Waals surface area contributed by atoms with Crippen molar-refractivity contribution < 1.29 is 9.66 Å². The van der Waals surface area contributed by atoms with Crippen molar-refractivity contribution >= 4 is 38.7 Å². The molecule has 0 bridgehead atoms. The van der Waals surface area contributed by atoms with Crippen molar-refractivity contribution in [2.24, 2.45) is 10.5 Å². The van der Waals surface area contributed by atoms with E-state index in [2.05, 4.69) is 26.0 Å². The summed E-state index contributed by atoms with van der Waals surface area (Å²) in [5.41, 5.74) is -1.03. The van der Waals surface area contributed by atoms with Gasteiger partial charge in [0.1, 0.15) is 0 Å². The lowest BCUT2D eigenvalue weighted by atomic mass is 9.99. The number of aromatic nitrogens is 2. The van der Waals surface area contributed by atoms with Gasteiger partial charge in [-0.3, -0.25) is 14.9 Å². The summed E-state index contributed by atoms with van der Waals surface area (Å²) < 4.78 is 6.69. The Hall–Kier alpha value is -3.27. The van der Waals surface area contributed by atoms with Crippen molar-refractivity contribution in [2.75, 3.05) is 6.61 Å². The minimum atomic E-state index is -0.714. The molecule has 1 aromatic heterocycles. The smallest absolute Gasteiger partial charge is 0.349 e. The van der Waals surface area contributed by atoms with E-state index in [1.807, 2.05) is 20.8 Å². The number of halogens is 1. The second kappa shape index (κ2) is 8.23. The first-order chi connectivity index (χ1) is 14.1. The highest BCUT2D eigenvalue weighted by Gasteiger charge is 2.22. The lowest BCUT2D eigenvalue weighted by Crippen LogP contribution is -2.32. The number of nitrogens with one attached hydrogen (secondary N) is 1. The van der Waals surface area contributed by atoms with Gasteiger partial charge in [-0.25, -0.2) is 4.79 Å². The van der Waals surface area contributed by atoms with E-state index >= 15 is 0 Å². The molecule has 0 fully saturated rings. The van der Waals surface area contributed by atoms with Gasteiger partial charge >= 0.3 is 11.4 Å². The number of benzene rings is 2. The molecule has 3 aromatic rings. The largest absolute Gasteiger partial charge is 0.485 e. The molecule has 3 rings (SSSR count). The number of ether oxygens (including phenoxy) is 1. The molecule has 0 saturated heterocycles. The third kappa shape index (κ3) is 4.65. The Kier molecular flexibility index (Phi) is 5.88. The number of fused-ring (bicyclic) bond motifs is 1. The van der Waals surface area contributed by atoms with E-state index < -0.39 is 16.2 Å². The molecule has 0 spiro atoms. The Morgan fingerprint density at radius 2 is 1.97 bits per heavy atom. The summed E-state index contributed by atoms with van der Waals surface area (Å²) in [5, 5.41) is 15.8. The minimum absolute atomic E-state index is 0.104. The first-order valence-corrected chi connectivity index (χ1v) is 9.75. The number of para-hydroxylation sites is 1. The summed E-state index contributed by atoms with van der Waals surface area (Å²) in [7, 11) is 0. The highest BCUT2D eigenvalue weighted by atomic mass is 79.9.